The molecule has 0 aliphatic carbocycles. The minimum Gasteiger partial charge on any atom is -0.382 e. The second kappa shape index (κ2) is 9.43. The minimum absolute atomic E-state index is 0. The topological polar surface area (TPSA) is 96.2 Å². The first-order valence-corrected chi connectivity index (χ1v) is 9.64. The summed E-state index contributed by atoms with van der Waals surface area (Å²) in [6.07, 6.45) is -3.27. The largest absolute Gasteiger partial charge is 0.416 e. The fourth-order valence-corrected chi connectivity index (χ4v) is 3.55. The van der Waals surface area contributed by atoms with Gasteiger partial charge in [0, 0.05) is 19.7 Å². The Morgan fingerprint density at radius 1 is 1.26 bits per heavy atom. The summed E-state index contributed by atoms with van der Waals surface area (Å²) in [5.41, 5.74) is 1.96. The zero-order chi connectivity index (χ0) is 22.2. The van der Waals surface area contributed by atoms with Crippen molar-refractivity contribution in [3.05, 3.63) is 29.5 Å². The number of nitrogens with one attached hydrogen (secondary N) is 1. The van der Waals surface area contributed by atoms with Crippen molar-refractivity contribution < 1.29 is 23.1 Å². The number of rotatable bonds is 6. The number of amides is 1. The number of aliphatic hydroxyl groups excluding tert-OH is 1. The van der Waals surface area contributed by atoms with Gasteiger partial charge in [0.25, 0.3) is 0 Å². The van der Waals surface area contributed by atoms with Gasteiger partial charge >= 0.3 is 6.18 Å². The number of aliphatic hydroxyl groups is 1. The summed E-state index contributed by atoms with van der Waals surface area (Å²) in [4.78, 5) is 23.3. The molecule has 2 atom stereocenters. The third-order valence-corrected chi connectivity index (χ3v) is 5.08. The fourth-order valence-electron chi connectivity index (χ4n) is 3.55. The fraction of sp³-hybridized carbons (Fsp3) is 0.579. The summed E-state index contributed by atoms with van der Waals surface area (Å²) in [6, 6.07) is -0.335. The molecule has 1 amide bonds. The molecule has 1 unspecified atom stereocenters. The number of likely N-dealkylation sites (N-methyl/N-ethyl adjacent to an activating group) is 1. The summed E-state index contributed by atoms with van der Waals surface area (Å²) in [7, 11) is 1.83. The van der Waals surface area contributed by atoms with Crippen LogP contribution in [0.25, 0.3) is 0 Å². The van der Waals surface area contributed by atoms with E-state index < -0.39 is 18.8 Å². The lowest BCUT2D eigenvalue weighted by Gasteiger charge is -2.36. The molecule has 2 aromatic rings. The predicted molar refractivity (Wildman–Crippen MR) is 115 cm³/mol. The van der Waals surface area contributed by atoms with Gasteiger partial charge in [-0.05, 0) is 24.8 Å². The van der Waals surface area contributed by atoms with Crippen LogP contribution in [0, 0.1) is 12.8 Å². The molecule has 1 aliphatic heterocycles. The van der Waals surface area contributed by atoms with E-state index in [1.165, 1.54) is 12.4 Å². The highest BCUT2D eigenvalue weighted by Gasteiger charge is 2.38. The average molecular weight is 461 g/mol. The second-order valence-electron chi connectivity index (χ2n) is 7.84. The summed E-state index contributed by atoms with van der Waals surface area (Å²) < 4.78 is 38.5. The van der Waals surface area contributed by atoms with E-state index in [0.29, 0.717) is 41.4 Å². The van der Waals surface area contributed by atoms with E-state index in [0.717, 1.165) is 4.68 Å². The maximum atomic E-state index is 12.5. The first kappa shape index (κ1) is 24.9. The Morgan fingerprint density at radius 3 is 2.55 bits per heavy atom. The SMILES string of the molecule is Cc1nc(CCc2cnn(CC(O)C(F)(F)F)c2)nc2c1NC(=O)[C@H](C(C)C)N2C.S. The van der Waals surface area contributed by atoms with Gasteiger partial charge in [-0.2, -0.15) is 31.8 Å². The molecular weight excluding hydrogens is 433 g/mol. The number of hydrogen-bond acceptors (Lipinski definition) is 6. The molecule has 8 nitrogen and oxygen atoms in total. The van der Waals surface area contributed by atoms with Crippen LogP contribution >= 0.6 is 13.5 Å². The maximum Gasteiger partial charge on any atom is 0.416 e. The Balaban J connectivity index is 0.00000341. The molecule has 0 bridgehead atoms. The lowest BCUT2D eigenvalue weighted by molar-refractivity contribution is -0.208. The Labute approximate surface area is 185 Å². The van der Waals surface area contributed by atoms with E-state index in [2.05, 4.69) is 20.4 Å². The van der Waals surface area contributed by atoms with Gasteiger partial charge in [-0.3, -0.25) is 9.48 Å². The zero-order valence-corrected chi connectivity index (χ0v) is 18.7. The lowest BCUT2D eigenvalue weighted by Crippen LogP contribution is -2.49. The van der Waals surface area contributed by atoms with E-state index in [-0.39, 0.29) is 31.4 Å². The van der Waals surface area contributed by atoms with Crippen molar-refractivity contribution in [3.8, 4) is 0 Å². The van der Waals surface area contributed by atoms with Gasteiger partial charge < -0.3 is 15.3 Å². The van der Waals surface area contributed by atoms with Gasteiger partial charge in [-0.1, -0.05) is 13.8 Å². The van der Waals surface area contributed by atoms with E-state index in [1.54, 1.807) is 6.92 Å². The molecular formula is C19H27F3N6O2S. The monoisotopic (exact) mass is 460 g/mol. The van der Waals surface area contributed by atoms with Crippen LogP contribution in [-0.4, -0.2) is 56.1 Å². The molecule has 0 radical (unpaired) electrons. The van der Waals surface area contributed by atoms with Gasteiger partial charge in [-0.25, -0.2) is 9.97 Å². The molecule has 0 saturated heterocycles. The lowest BCUT2D eigenvalue weighted by atomic mass is 9.99. The molecule has 0 aromatic carbocycles. The van der Waals surface area contributed by atoms with Crippen molar-refractivity contribution in [2.24, 2.45) is 5.92 Å². The molecule has 0 fully saturated rings. The Bertz CT molecular complexity index is 934. The molecule has 2 aromatic heterocycles. The molecule has 172 valence electrons. The van der Waals surface area contributed by atoms with Gasteiger partial charge in [0.2, 0.25) is 5.91 Å². The Kier molecular flexibility index (Phi) is 7.58. The molecule has 0 spiro atoms. The molecule has 1 aliphatic rings. The number of carbonyl (C=O) groups excluding carboxylic acids is 1. The third-order valence-electron chi connectivity index (χ3n) is 5.08. The van der Waals surface area contributed by atoms with Crippen LogP contribution in [0.1, 0.15) is 30.9 Å². The third kappa shape index (κ3) is 5.48. The summed E-state index contributed by atoms with van der Waals surface area (Å²) >= 11 is 0. The number of fused-ring (bicyclic) bond motifs is 1. The summed E-state index contributed by atoms with van der Waals surface area (Å²) in [6.45, 7) is 5.07. The van der Waals surface area contributed by atoms with Gasteiger partial charge in [0.1, 0.15) is 17.6 Å². The first-order valence-electron chi connectivity index (χ1n) is 9.64. The first-order chi connectivity index (χ1) is 14.0. The van der Waals surface area contributed by atoms with Crippen molar-refractivity contribution in [1.82, 2.24) is 19.7 Å². The predicted octanol–water partition coefficient (Wildman–Crippen LogP) is 2.22. The van der Waals surface area contributed by atoms with E-state index >= 15 is 0 Å². The van der Waals surface area contributed by atoms with Gasteiger partial charge in [0.15, 0.2) is 11.9 Å². The van der Waals surface area contributed by atoms with Crippen LogP contribution in [0.4, 0.5) is 24.7 Å². The second-order valence-corrected chi connectivity index (χ2v) is 7.84. The smallest absolute Gasteiger partial charge is 0.382 e. The maximum absolute atomic E-state index is 12.5. The van der Waals surface area contributed by atoms with Gasteiger partial charge in [-0.15, -0.1) is 0 Å². The number of halogens is 3. The molecule has 3 rings (SSSR count). The number of aromatic nitrogens is 4. The number of nitrogens with zero attached hydrogens (tertiary/aromatic N) is 5. The Hall–Kier alpha value is -2.34. The van der Waals surface area contributed by atoms with Crippen LogP contribution in [0.2, 0.25) is 0 Å². The quantitative estimate of drug-likeness (QED) is 0.686. The number of aryl methyl sites for hydroxylation is 3. The minimum atomic E-state index is -4.68. The van der Waals surface area contributed by atoms with Crippen LogP contribution in [0.3, 0.4) is 0 Å². The van der Waals surface area contributed by atoms with Crippen LogP contribution in [-0.2, 0) is 24.2 Å². The molecule has 2 N–H and O–H groups in total. The molecule has 0 saturated carbocycles. The van der Waals surface area contributed by atoms with Crippen LogP contribution < -0.4 is 10.2 Å². The van der Waals surface area contributed by atoms with E-state index in [1.807, 2.05) is 25.8 Å². The van der Waals surface area contributed by atoms with Crippen LogP contribution in [0.5, 0.6) is 0 Å². The highest BCUT2D eigenvalue weighted by atomic mass is 32.1. The normalized spacial score (nSPS) is 17.3. The highest BCUT2D eigenvalue weighted by molar-refractivity contribution is 7.59. The highest BCUT2D eigenvalue weighted by Crippen LogP contribution is 2.33. The standard InChI is InChI=1S/C19H25F3N6O2.H2S/c1-10(2)16-18(30)26-15-11(3)24-14(25-17(15)27(16)4)6-5-12-7-23-28(8-12)9-13(29)19(20,21)22;/h7-8,10,13,16,29H,5-6,9H2,1-4H3,(H,26,30);1H2/t13?,16-;/m0./s1. The van der Waals surface area contributed by atoms with Crippen LogP contribution in [0.15, 0.2) is 12.4 Å². The van der Waals surface area contributed by atoms with Crippen molar-refractivity contribution >= 4 is 30.9 Å². The van der Waals surface area contributed by atoms with Crippen molar-refractivity contribution in [2.75, 3.05) is 17.3 Å². The van der Waals surface area contributed by atoms with Crippen molar-refractivity contribution in [1.29, 1.82) is 0 Å². The molecule has 31 heavy (non-hydrogen) atoms. The van der Waals surface area contributed by atoms with E-state index in [9.17, 15) is 18.0 Å². The number of alkyl halides is 3. The molecule has 3 heterocycles. The van der Waals surface area contributed by atoms with Gasteiger partial charge in [0.05, 0.1) is 18.4 Å². The summed E-state index contributed by atoms with van der Waals surface area (Å²) in [5.74, 6) is 1.23. The molecule has 12 heteroatoms. The van der Waals surface area contributed by atoms with E-state index in [4.69, 9.17) is 5.11 Å². The number of carbonyl (C=O) groups is 1. The number of hydrogen-bond donors (Lipinski definition) is 2. The van der Waals surface area contributed by atoms with Crippen molar-refractivity contribution in [3.63, 3.8) is 0 Å². The zero-order valence-electron chi connectivity index (χ0n) is 17.7. The average Bonchev–Trinajstić information content (AvgIpc) is 3.07. The summed E-state index contributed by atoms with van der Waals surface area (Å²) in [5, 5.41) is 15.9. The Morgan fingerprint density at radius 2 is 1.94 bits per heavy atom. The number of anilines is 2. The van der Waals surface area contributed by atoms with Crippen molar-refractivity contribution in [2.45, 2.75) is 58.5 Å².